The van der Waals surface area contributed by atoms with Crippen LogP contribution in [0.5, 0.6) is 0 Å². The maximum atomic E-state index is 13.2. The first-order valence-electron chi connectivity index (χ1n) is 10.8. The van der Waals surface area contributed by atoms with Crippen LogP contribution in [0.4, 0.5) is 5.69 Å². The van der Waals surface area contributed by atoms with Gasteiger partial charge in [-0.05, 0) is 79.0 Å². The number of hydrogen-bond donors (Lipinski definition) is 1. The van der Waals surface area contributed by atoms with Gasteiger partial charge < -0.3 is 5.32 Å². The lowest BCUT2D eigenvalue weighted by atomic mass is 9.96. The van der Waals surface area contributed by atoms with Crippen molar-refractivity contribution in [2.75, 3.05) is 11.1 Å². The van der Waals surface area contributed by atoms with Crippen LogP contribution in [0.3, 0.4) is 0 Å². The summed E-state index contributed by atoms with van der Waals surface area (Å²) in [5.74, 6) is 0.982. The molecule has 5 rings (SSSR count). The molecule has 1 atom stereocenters. The number of pyridine rings is 1. The third-order valence-corrected chi connectivity index (χ3v) is 7.49. The molecule has 1 amide bonds. The highest BCUT2D eigenvalue weighted by atomic mass is 32.2. The molecule has 5 heteroatoms. The number of carbonyl (C=O) groups excluding carboxylic acids is 1. The Balaban J connectivity index is 1.50. The van der Waals surface area contributed by atoms with Crippen LogP contribution in [0.1, 0.15) is 52.6 Å². The van der Waals surface area contributed by atoms with Gasteiger partial charge >= 0.3 is 0 Å². The molecule has 31 heavy (non-hydrogen) atoms. The standard InChI is InChI=1S/C26H26N2O2S/c1-16-8-9-18(12-17(16)2)13-20-14-23(29)28-22(15-31-26(28)24(20)19-10-11-19)25(30)27-21-6-4-3-5-7-21/h3-9,12,14,19,22H,10-11,13,15H2,1-2H3,(H,27,30)/t22-/m0/s1. The van der Waals surface area contributed by atoms with Crippen LogP contribution in [0.25, 0.3) is 0 Å². The summed E-state index contributed by atoms with van der Waals surface area (Å²) in [5.41, 5.74) is 6.88. The summed E-state index contributed by atoms with van der Waals surface area (Å²) in [6, 6.07) is 17.3. The number of para-hydroxylation sites is 1. The van der Waals surface area contributed by atoms with Crippen LogP contribution < -0.4 is 10.9 Å². The number of aryl methyl sites for hydroxylation is 2. The average molecular weight is 431 g/mol. The zero-order chi connectivity index (χ0) is 21.5. The Labute approximate surface area is 186 Å². The van der Waals surface area contributed by atoms with Crippen molar-refractivity contribution in [2.24, 2.45) is 0 Å². The van der Waals surface area contributed by atoms with Crippen LogP contribution in [-0.2, 0) is 11.2 Å². The number of fused-ring (bicyclic) bond motifs is 1. The topological polar surface area (TPSA) is 51.1 Å². The number of amides is 1. The van der Waals surface area contributed by atoms with Crippen molar-refractivity contribution in [1.82, 2.24) is 4.57 Å². The Kier molecular flexibility index (Phi) is 5.22. The number of rotatable bonds is 5. The van der Waals surface area contributed by atoms with Crippen molar-refractivity contribution in [3.05, 3.63) is 92.8 Å². The number of hydrogen-bond acceptors (Lipinski definition) is 3. The van der Waals surface area contributed by atoms with Crippen molar-refractivity contribution in [3.63, 3.8) is 0 Å². The molecule has 4 nitrogen and oxygen atoms in total. The fourth-order valence-corrected chi connectivity index (χ4v) is 5.79. The van der Waals surface area contributed by atoms with E-state index in [0.717, 1.165) is 35.5 Å². The molecule has 0 radical (unpaired) electrons. The SMILES string of the molecule is Cc1ccc(Cc2cc(=O)n3c(c2C2CC2)SC[C@H]3C(=O)Nc2ccccc2)cc1C. The van der Waals surface area contributed by atoms with Gasteiger partial charge in [0.2, 0.25) is 5.91 Å². The lowest BCUT2D eigenvalue weighted by Crippen LogP contribution is -2.33. The number of nitrogens with zero attached hydrogens (tertiary/aromatic N) is 1. The van der Waals surface area contributed by atoms with E-state index in [1.165, 1.54) is 22.3 Å². The van der Waals surface area contributed by atoms with Crippen LogP contribution in [0.15, 0.2) is 64.4 Å². The first-order valence-corrected chi connectivity index (χ1v) is 11.8. The normalized spacial score (nSPS) is 17.4. The summed E-state index contributed by atoms with van der Waals surface area (Å²) in [7, 11) is 0. The first-order chi connectivity index (χ1) is 15.0. The molecule has 1 aliphatic carbocycles. The number of anilines is 1. The lowest BCUT2D eigenvalue weighted by molar-refractivity contribution is -0.118. The highest BCUT2D eigenvalue weighted by molar-refractivity contribution is 7.99. The predicted molar refractivity (Wildman–Crippen MR) is 126 cm³/mol. The van der Waals surface area contributed by atoms with Crippen LogP contribution >= 0.6 is 11.8 Å². The Morgan fingerprint density at radius 2 is 1.84 bits per heavy atom. The number of thioether (sulfide) groups is 1. The number of aromatic nitrogens is 1. The lowest BCUT2D eigenvalue weighted by Gasteiger charge is -2.18. The van der Waals surface area contributed by atoms with Crippen LogP contribution in [0, 0.1) is 13.8 Å². The summed E-state index contributed by atoms with van der Waals surface area (Å²) in [4.78, 5) is 26.2. The fourth-order valence-electron chi connectivity index (χ4n) is 4.37. The van der Waals surface area contributed by atoms with Gasteiger partial charge in [-0.3, -0.25) is 14.2 Å². The average Bonchev–Trinajstić information content (AvgIpc) is 3.48. The molecule has 1 N–H and O–H groups in total. The molecule has 3 aromatic rings. The van der Waals surface area contributed by atoms with Crippen molar-refractivity contribution in [1.29, 1.82) is 0 Å². The zero-order valence-electron chi connectivity index (χ0n) is 17.9. The van der Waals surface area contributed by atoms with Gasteiger partial charge in [0.25, 0.3) is 5.56 Å². The van der Waals surface area contributed by atoms with E-state index in [9.17, 15) is 9.59 Å². The molecule has 0 spiro atoms. The molecular formula is C26H26N2O2S. The predicted octanol–water partition coefficient (Wildman–Crippen LogP) is 5.22. The van der Waals surface area contributed by atoms with Crippen LogP contribution in [0.2, 0.25) is 0 Å². The van der Waals surface area contributed by atoms with E-state index in [4.69, 9.17) is 0 Å². The summed E-state index contributed by atoms with van der Waals surface area (Å²) in [6.07, 6.45) is 3.08. The Hall–Kier alpha value is -2.79. The monoisotopic (exact) mass is 430 g/mol. The van der Waals surface area contributed by atoms with Crippen molar-refractivity contribution >= 4 is 23.4 Å². The highest BCUT2D eigenvalue weighted by Gasteiger charge is 2.37. The largest absolute Gasteiger partial charge is 0.324 e. The van der Waals surface area contributed by atoms with Crippen molar-refractivity contribution in [3.8, 4) is 0 Å². The minimum Gasteiger partial charge on any atom is -0.324 e. The molecule has 1 aromatic heterocycles. The van der Waals surface area contributed by atoms with E-state index in [-0.39, 0.29) is 11.5 Å². The minimum absolute atomic E-state index is 0.0727. The van der Waals surface area contributed by atoms with E-state index in [2.05, 4.69) is 37.4 Å². The molecule has 2 aliphatic rings. The maximum absolute atomic E-state index is 13.2. The third-order valence-electron chi connectivity index (χ3n) is 6.32. The molecule has 1 fully saturated rings. The summed E-state index contributed by atoms with van der Waals surface area (Å²) < 4.78 is 1.74. The second-order valence-corrected chi connectivity index (χ2v) is 9.66. The van der Waals surface area contributed by atoms with Gasteiger partial charge in [-0.1, -0.05) is 36.4 Å². The Morgan fingerprint density at radius 3 is 2.55 bits per heavy atom. The molecule has 0 saturated heterocycles. The maximum Gasteiger partial charge on any atom is 0.252 e. The molecule has 0 unspecified atom stereocenters. The number of carbonyl (C=O) groups is 1. The van der Waals surface area contributed by atoms with Crippen molar-refractivity contribution in [2.45, 2.75) is 50.1 Å². The molecule has 1 saturated carbocycles. The smallest absolute Gasteiger partial charge is 0.252 e. The first kappa shape index (κ1) is 20.1. The van der Waals surface area contributed by atoms with E-state index < -0.39 is 6.04 Å². The molecular weight excluding hydrogens is 404 g/mol. The van der Waals surface area contributed by atoms with Crippen LogP contribution in [-0.4, -0.2) is 16.2 Å². The molecule has 1 aliphatic heterocycles. The van der Waals surface area contributed by atoms with Gasteiger partial charge in [0.15, 0.2) is 0 Å². The Morgan fingerprint density at radius 1 is 1.06 bits per heavy atom. The van der Waals surface area contributed by atoms with E-state index in [0.29, 0.717) is 11.7 Å². The molecule has 0 bridgehead atoms. The zero-order valence-corrected chi connectivity index (χ0v) is 18.7. The van der Waals surface area contributed by atoms with Gasteiger partial charge in [0.1, 0.15) is 6.04 Å². The minimum atomic E-state index is -0.471. The number of nitrogens with one attached hydrogen (secondary N) is 1. The van der Waals surface area contributed by atoms with Gasteiger partial charge in [0, 0.05) is 17.5 Å². The summed E-state index contributed by atoms with van der Waals surface area (Å²) >= 11 is 1.66. The second-order valence-electron chi connectivity index (χ2n) is 8.65. The van der Waals surface area contributed by atoms with Gasteiger partial charge in [-0.25, -0.2) is 0 Å². The quantitative estimate of drug-likeness (QED) is 0.604. The van der Waals surface area contributed by atoms with E-state index in [1.54, 1.807) is 22.4 Å². The van der Waals surface area contributed by atoms with E-state index in [1.807, 2.05) is 30.3 Å². The molecule has 158 valence electrons. The van der Waals surface area contributed by atoms with Gasteiger partial charge in [0.05, 0.1) is 5.03 Å². The van der Waals surface area contributed by atoms with Gasteiger partial charge in [-0.2, -0.15) is 0 Å². The highest BCUT2D eigenvalue weighted by Crippen LogP contribution is 2.48. The summed E-state index contributed by atoms with van der Waals surface area (Å²) in [5, 5.41) is 3.97. The number of benzene rings is 2. The second kappa shape index (κ2) is 8.04. The van der Waals surface area contributed by atoms with Gasteiger partial charge in [-0.15, -0.1) is 11.8 Å². The fraction of sp³-hybridized carbons (Fsp3) is 0.308. The Bertz CT molecular complexity index is 1210. The molecule has 2 aromatic carbocycles. The summed E-state index contributed by atoms with van der Waals surface area (Å²) in [6.45, 7) is 4.25. The van der Waals surface area contributed by atoms with Crippen molar-refractivity contribution < 1.29 is 4.79 Å². The third kappa shape index (κ3) is 3.94. The molecule has 2 heterocycles. The van der Waals surface area contributed by atoms with E-state index >= 15 is 0 Å².